The van der Waals surface area contributed by atoms with Crippen molar-refractivity contribution in [2.24, 2.45) is 0 Å². The zero-order chi connectivity index (χ0) is 13.1. The Balaban J connectivity index is 2.16. The van der Waals surface area contributed by atoms with Crippen LogP contribution in [0.5, 0.6) is 0 Å². The maximum Gasteiger partial charge on any atom is 0.231 e. The third kappa shape index (κ3) is 3.07. The number of nitrogen functional groups attached to an aromatic ring is 1. The standard InChI is InChI=1S/C12H14ClN5/c1-8-3-5-9(6-4-8)7-18(2)12-16-10(13)15-11(14)17-12/h3-6H,7H2,1-2H3,(H2,14,15,16,17). The fourth-order valence-electron chi connectivity index (χ4n) is 1.56. The van der Waals surface area contributed by atoms with Gasteiger partial charge in [0.15, 0.2) is 0 Å². The molecule has 0 bridgehead atoms. The minimum atomic E-state index is 0.105. The van der Waals surface area contributed by atoms with Crippen LogP contribution in [0.15, 0.2) is 24.3 Å². The van der Waals surface area contributed by atoms with E-state index in [9.17, 15) is 0 Å². The highest BCUT2D eigenvalue weighted by molar-refractivity contribution is 6.28. The van der Waals surface area contributed by atoms with Crippen LogP contribution in [0, 0.1) is 6.92 Å². The van der Waals surface area contributed by atoms with E-state index in [1.54, 1.807) is 0 Å². The first kappa shape index (κ1) is 12.6. The summed E-state index contributed by atoms with van der Waals surface area (Å²) in [5, 5.41) is 0.105. The highest BCUT2D eigenvalue weighted by Gasteiger charge is 2.08. The van der Waals surface area contributed by atoms with Crippen molar-refractivity contribution >= 4 is 23.5 Å². The lowest BCUT2D eigenvalue weighted by atomic mass is 10.1. The summed E-state index contributed by atoms with van der Waals surface area (Å²) in [6, 6.07) is 8.27. The quantitative estimate of drug-likeness (QED) is 0.918. The first-order valence-corrected chi connectivity index (χ1v) is 5.86. The van der Waals surface area contributed by atoms with E-state index in [0.29, 0.717) is 12.5 Å². The molecule has 0 atom stereocenters. The number of nitrogens with two attached hydrogens (primary N) is 1. The summed E-state index contributed by atoms with van der Waals surface area (Å²) < 4.78 is 0. The molecule has 94 valence electrons. The third-order valence-electron chi connectivity index (χ3n) is 2.50. The molecule has 2 aromatic rings. The molecule has 6 heteroatoms. The number of aryl methyl sites for hydroxylation is 1. The maximum absolute atomic E-state index is 5.75. The molecule has 0 amide bonds. The molecule has 0 spiro atoms. The normalized spacial score (nSPS) is 10.4. The Hall–Kier alpha value is -1.88. The van der Waals surface area contributed by atoms with Crippen LogP contribution in [0.1, 0.15) is 11.1 Å². The number of nitrogens with zero attached hydrogens (tertiary/aromatic N) is 4. The molecule has 0 saturated heterocycles. The van der Waals surface area contributed by atoms with Crippen LogP contribution in [-0.2, 0) is 6.54 Å². The van der Waals surface area contributed by atoms with Gasteiger partial charge in [-0.3, -0.25) is 0 Å². The Morgan fingerprint density at radius 3 is 2.44 bits per heavy atom. The molecule has 0 aliphatic rings. The average Bonchev–Trinajstić information content (AvgIpc) is 2.31. The second-order valence-corrected chi connectivity index (χ2v) is 4.44. The van der Waals surface area contributed by atoms with Crippen LogP contribution in [0.4, 0.5) is 11.9 Å². The first-order chi connectivity index (χ1) is 8.54. The van der Waals surface area contributed by atoms with Gasteiger partial charge in [-0.25, -0.2) is 0 Å². The number of hydrogen-bond donors (Lipinski definition) is 1. The summed E-state index contributed by atoms with van der Waals surface area (Å²) in [5.74, 6) is 0.592. The van der Waals surface area contributed by atoms with Crippen LogP contribution in [0.3, 0.4) is 0 Å². The van der Waals surface area contributed by atoms with Gasteiger partial charge in [-0.05, 0) is 24.1 Å². The molecule has 18 heavy (non-hydrogen) atoms. The highest BCUT2D eigenvalue weighted by atomic mass is 35.5. The molecular weight excluding hydrogens is 250 g/mol. The zero-order valence-corrected chi connectivity index (χ0v) is 11.0. The van der Waals surface area contributed by atoms with Crippen molar-refractivity contribution in [2.75, 3.05) is 17.7 Å². The minimum absolute atomic E-state index is 0.105. The molecule has 0 unspecified atom stereocenters. The Morgan fingerprint density at radius 2 is 1.83 bits per heavy atom. The minimum Gasteiger partial charge on any atom is -0.368 e. The van der Waals surface area contributed by atoms with Gasteiger partial charge in [0.25, 0.3) is 0 Å². The van der Waals surface area contributed by atoms with Crippen molar-refractivity contribution < 1.29 is 0 Å². The summed E-state index contributed by atoms with van der Waals surface area (Å²) >= 11 is 5.75. The van der Waals surface area contributed by atoms with E-state index in [1.807, 2.05) is 11.9 Å². The number of halogens is 1. The third-order valence-corrected chi connectivity index (χ3v) is 2.66. The van der Waals surface area contributed by atoms with Gasteiger partial charge >= 0.3 is 0 Å². The van der Waals surface area contributed by atoms with E-state index in [2.05, 4.69) is 46.1 Å². The maximum atomic E-state index is 5.75. The first-order valence-electron chi connectivity index (χ1n) is 5.48. The summed E-state index contributed by atoms with van der Waals surface area (Å²) in [7, 11) is 1.88. The lowest BCUT2D eigenvalue weighted by Gasteiger charge is -2.17. The van der Waals surface area contributed by atoms with Gasteiger partial charge in [-0.2, -0.15) is 15.0 Å². The van der Waals surface area contributed by atoms with Crippen molar-refractivity contribution in [3.05, 3.63) is 40.7 Å². The van der Waals surface area contributed by atoms with E-state index in [0.717, 1.165) is 0 Å². The SMILES string of the molecule is Cc1ccc(CN(C)c2nc(N)nc(Cl)n2)cc1. The topological polar surface area (TPSA) is 67.9 Å². The molecule has 0 aliphatic heterocycles. The van der Waals surface area contributed by atoms with E-state index in [4.69, 9.17) is 17.3 Å². The largest absolute Gasteiger partial charge is 0.368 e. The Labute approximate surface area is 111 Å². The molecule has 0 aliphatic carbocycles. The molecular formula is C12H14ClN5. The van der Waals surface area contributed by atoms with Gasteiger partial charge in [0, 0.05) is 13.6 Å². The highest BCUT2D eigenvalue weighted by Crippen LogP contribution is 2.14. The molecule has 2 N–H and O–H groups in total. The van der Waals surface area contributed by atoms with E-state index in [-0.39, 0.29) is 11.2 Å². The summed E-state index contributed by atoms with van der Waals surface area (Å²) in [5.41, 5.74) is 7.93. The number of hydrogen-bond acceptors (Lipinski definition) is 5. The smallest absolute Gasteiger partial charge is 0.231 e. The molecule has 1 heterocycles. The molecule has 1 aromatic heterocycles. The Morgan fingerprint density at radius 1 is 1.17 bits per heavy atom. The van der Waals surface area contributed by atoms with Gasteiger partial charge in [-0.1, -0.05) is 29.8 Å². The van der Waals surface area contributed by atoms with Crippen LogP contribution >= 0.6 is 11.6 Å². The molecule has 0 radical (unpaired) electrons. The molecule has 5 nitrogen and oxygen atoms in total. The van der Waals surface area contributed by atoms with Gasteiger partial charge in [-0.15, -0.1) is 0 Å². The fourth-order valence-corrected chi connectivity index (χ4v) is 1.73. The zero-order valence-electron chi connectivity index (χ0n) is 10.3. The van der Waals surface area contributed by atoms with Crippen LogP contribution < -0.4 is 10.6 Å². The van der Waals surface area contributed by atoms with Crippen molar-refractivity contribution in [1.82, 2.24) is 15.0 Å². The van der Waals surface area contributed by atoms with Crippen molar-refractivity contribution in [1.29, 1.82) is 0 Å². The second kappa shape index (κ2) is 5.18. The van der Waals surface area contributed by atoms with Gasteiger partial charge in [0.1, 0.15) is 0 Å². The summed E-state index contributed by atoms with van der Waals surface area (Å²) in [6.45, 7) is 2.74. The van der Waals surface area contributed by atoms with Crippen molar-refractivity contribution in [3.8, 4) is 0 Å². The molecule has 0 fully saturated rings. The lowest BCUT2D eigenvalue weighted by molar-refractivity contribution is 0.856. The van der Waals surface area contributed by atoms with Crippen molar-refractivity contribution in [3.63, 3.8) is 0 Å². The monoisotopic (exact) mass is 263 g/mol. The Kier molecular flexibility index (Phi) is 3.62. The van der Waals surface area contributed by atoms with Crippen molar-refractivity contribution in [2.45, 2.75) is 13.5 Å². The predicted molar refractivity (Wildman–Crippen MR) is 72.5 cm³/mol. The molecule has 0 saturated carbocycles. The Bertz CT molecular complexity index is 520. The number of benzene rings is 1. The fraction of sp³-hybridized carbons (Fsp3) is 0.250. The van der Waals surface area contributed by atoms with E-state index in [1.165, 1.54) is 11.1 Å². The molecule has 2 rings (SSSR count). The number of rotatable bonds is 3. The summed E-state index contributed by atoms with van der Waals surface area (Å²) in [6.07, 6.45) is 0. The van der Waals surface area contributed by atoms with Crippen LogP contribution in [0.25, 0.3) is 0 Å². The second-order valence-electron chi connectivity index (χ2n) is 4.10. The van der Waals surface area contributed by atoms with E-state index >= 15 is 0 Å². The van der Waals surface area contributed by atoms with Crippen LogP contribution in [0.2, 0.25) is 5.28 Å². The van der Waals surface area contributed by atoms with Gasteiger partial charge < -0.3 is 10.6 Å². The summed E-state index contributed by atoms with van der Waals surface area (Å²) in [4.78, 5) is 13.7. The predicted octanol–water partition coefficient (Wildman–Crippen LogP) is 2.05. The van der Waals surface area contributed by atoms with Gasteiger partial charge in [0.05, 0.1) is 0 Å². The van der Waals surface area contributed by atoms with E-state index < -0.39 is 0 Å². The van der Waals surface area contributed by atoms with Crippen LogP contribution in [-0.4, -0.2) is 22.0 Å². The lowest BCUT2D eigenvalue weighted by Crippen LogP contribution is -2.20. The molecule has 1 aromatic carbocycles. The number of anilines is 2. The average molecular weight is 264 g/mol. The number of aromatic nitrogens is 3. The van der Waals surface area contributed by atoms with Gasteiger partial charge in [0.2, 0.25) is 17.2 Å².